The van der Waals surface area contributed by atoms with Crippen LogP contribution in [0.25, 0.3) is 0 Å². The van der Waals surface area contributed by atoms with E-state index in [9.17, 15) is 14.7 Å². The van der Waals surface area contributed by atoms with Crippen molar-refractivity contribution in [3.63, 3.8) is 0 Å². The SMILES string of the molecule is CC(=O)C[C@]1(O)C(=O)N(CCCOc2ccccc2)c2ccccc21. The van der Waals surface area contributed by atoms with Crippen molar-refractivity contribution in [1.82, 2.24) is 0 Å². The summed E-state index contributed by atoms with van der Waals surface area (Å²) in [4.78, 5) is 25.8. The van der Waals surface area contributed by atoms with Crippen LogP contribution in [0.5, 0.6) is 5.75 Å². The fraction of sp³-hybridized carbons (Fsp3) is 0.300. The number of carbonyl (C=O) groups excluding carboxylic acids is 2. The molecule has 1 aliphatic heterocycles. The van der Waals surface area contributed by atoms with Gasteiger partial charge in [-0.3, -0.25) is 9.59 Å². The number of ether oxygens (including phenoxy) is 1. The fourth-order valence-corrected chi connectivity index (χ4v) is 3.19. The number of amides is 1. The molecule has 2 aromatic carbocycles. The van der Waals surface area contributed by atoms with Crippen LogP contribution in [-0.2, 0) is 15.2 Å². The standard InChI is InChI=1S/C20H21NO4/c1-15(22)14-20(24)17-10-5-6-11-18(17)21(19(20)23)12-7-13-25-16-8-3-2-4-9-16/h2-6,8-11,24H,7,12-14H2,1H3/t20-/m1/s1. The van der Waals surface area contributed by atoms with Gasteiger partial charge in [0.2, 0.25) is 0 Å². The van der Waals surface area contributed by atoms with Crippen molar-refractivity contribution in [2.24, 2.45) is 0 Å². The van der Waals surface area contributed by atoms with E-state index in [4.69, 9.17) is 4.74 Å². The van der Waals surface area contributed by atoms with E-state index in [1.54, 1.807) is 23.1 Å². The summed E-state index contributed by atoms with van der Waals surface area (Å²) < 4.78 is 5.65. The van der Waals surface area contributed by atoms with E-state index in [1.165, 1.54) is 6.92 Å². The van der Waals surface area contributed by atoms with Gasteiger partial charge < -0.3 is 14.7 Å². The quantitative estimate of drug-likeness (QED) is 0.788. The van der Waals surface area contributed by atoms with E-state index < -0.39 is 11.5 Å². The van der Waals surface area contributed by atoms with Gasteiger partial charge in [0.05, 0.1) is 12.3 Å². The maximum absolute atomic E-state index is 12.8. The number of Topliss-reactive ketones (excluding diaryl/α,β-unsaturated/α-hetero) is 1. The molecule has 25 heavy (non-hydrogen) atoms. The van der Waals surface area contributed by atoms with Gasteiger partial charge in [0.15, 0.2) is 5.60 Å². The third kappa shape index (κ3) is 3.42. The molecule has 2 aromatic rings. The Labute approximate surface area is 146 Å². The normalized spacial score (nSPS) is 19.0. The highest BCUT2D eigenvalue weighted by atomic mass is 16.5. The van der Waals surface area contributed by atoms with Crippen molar-refractivity contribution in [2.45, 2.75) is 25.4 Å². The minimum absolute atomic E-state index is 0.208. The van der Waals surface area contributed by atoms with Gasteiger partial charge in [-0.1, -0.05) is 36.4 Å². The highest BCUT2D eigenvalue weighted by Crippen LogP contribution is 2.42. The summed E-state index contributed by atoms with van der Waals surface area (Å²) in [5.41, 5.74) is -0.599. The second kappa shape index (κ2) is 7.07. The third-order valence-corrected chi connectivity index (χ3v) is 4.28. The van der Waals surface area contributed by atoms with Crippen molar-refractivity contribution in [3.05, 3.63) is 60.2 Å². The molecule has 0 aromatic heterocycles. The lowest BCUT2D eigenvalue weighted by Crippen LogP contribution is -2.42. The van der Waals surface area contributed by atoms with Crippen LogP contribution in [0.2, 0.25) is 0 Å². The summed E-state index contributed by atoms with van der Waals surface area (Å²) in [7, 11) is 0. The lowest BCUT2D eigenvalue weighted by Gasteiger charge is -2.22. The molecule has 130 valence electrons. The number of nitrogens with zero attached hydrogens (tertiary/aromatic N) is 1. The average molecular weight is 339 g/mol. The lowest BCUT2D eigenvalue weighted by molar-refractivity contribution is -0.141. The van der Waals surface area contributed by atoms with Crippen molar-refractivity contribution in [2.75, 3.05) is 18.1 Å². The first-order valence-electron chi connectivity index (χ1n) is 8.33. The minimum Gasteiger partial charge on any atom is -0.494 e. The first-order chi connectivity index (χ1) is 12.0. The first-order valence-corrected chi connectivity index (χ1v) is 8.33. The van der Waals surface area contributed by atoms with Crippen LogP contribution in [0.4, 0.5) is 5.69 Å². The van der Waals surface area contributed by atoms with Gasteiger partial charge in [-0.25, -0.2) is 0 Å². The largest absolute Gasteiger partial charge is 0.494 e. The Kier molecular flexibility index (Phi) is 4.86. The number of aliphatic hydroxyl groups is 1. The molecule has 1 atom stereocenters. The van der Waals surface area contributed by atoms with Gasteiger partial charge in [-0.15, -0.1) is 0 Å². The Morgan fingerprint density at radius 3 is 2.52 bits per heavy atom. The summed E-state index contributed by atoms with van der Waals surface area (Å²) in [6, 6.07) is 16.6. The predicted molar refractivity (Wildman–Crippen MR) is 94.5 cm³/mol. The molecule has 0 aliphatic carbocycles. The number of fused-ring (bicyclic) bond motifs is 1. The minimum atomic E-state index is -1.76. The number of rotatable bonds is 7. The van der Waals surface area contributed by atoms with Crippen LogP contribution in [-0.4, -0.2) is 29.9 Å². The van der Waals surface area contributed by atoms with Gasteiger partial charge in [-0.2, -0.15) is 0 Å². The zero-order chi connectivity index (χ0) is 17.9. The lowest BCUT2D eigenvalue weighted by atomic mass is 9.90. The third-order valence-electron chi connectivity index (χ3n) is 4.28. The number of hydrogen-bond acceptors (Lipinski definition) is 4. The van der Waals surface area contributed by atoms with Gasteiger partial charge in [0, 0.05) is 18.5 Å². The van der Waals surface area contributed by atoms with Crippen LogP contribution in [0.15, 0.2) is 54.6 Å². The van der Waals surface area contributed by atoms with Crippen molar-refractivity contribution in [1.29, 1.82) is 0 Å². The highest BCUT2D eigenvalue weighted by Gasteiger charge is 2.49. The highest BCUT2D eigenvalue weighted by molar-refractivity contribution is 6.08. The monoisotopic (exact) mass is 339 g/mol. The summed E-state index contributed by atoms with van der Waals surface area (Å²) in [5.74, 6) is 0.118. The summed E-state index contributed by atoms with van der Waals surface area (Å²) in [5, 5.41) is 10.8. The maximum Gasteiger partial charge on any atom is 0.264 e. The van der Waals surface area contributed by atoms with Gasteiger partial charge >= 0.3 is 0 Å². The van der Waals surface area contributed by atoms with Crippen LogP contribution in [0.1, 0.15) is 25.3 Å². The van der Waals surface area contributed by atoms with E-state index in [2.05, 4.69) is 0 Å². The topological polar surface area (TPSA) is 66.8 Å². The van der Waals surface area contributed by atoms with Gasteiger partial charge in [0.1, 0.15) is 11.5 Å². The summed E-state index contributed by atoms with van der Waals surface area (Å²) in [6.07, 6.45) is 0.408. The molecule has 1 amide bonds. The van der Waals surface area contributed by atoms with E-state index in [0.29, 0.717) is 30.8 Å². The molecule has 0 bridgehead atoms. The second-order valence-corrected chi connectivity index (χ2v) is 6.23. The molecule has 1 aliphatic rings. The molecular formula is C20H21NO4. The molecule has 0 radical (unpaired) electrons. The Morgan fingerprint density at radius 1 is 1.12 bits per heavy atom. The van der Waals surface area contributed by atoms with E-state index >= 15 is 0 Å². The molecule has 0 unspecified atom stereocenters. The number of carbonyl (C=O) groups is 2. The Morgan fingerprint density at radius 2 is 1.80 bits per heavy atom. The Balaban J connectivity index is 1.69. The van der Waals surface area contributed by atoms with Crippen molar-refractivity contribution >= 4 is 17.4 Å². The van der Waals surface area contributed by atoms with Crippen LogP contribution in [0.3, 0.4) is 0 Å². The Bertz CT molecular complexity index is 774. The molecular weight excluding hydrogens is 318 g/mol. The zero-order valence-corrected chi connectivity index (χ0v) is 14.1. The molecule has 1 N–H and O–H groups in total. The first kappa shape index (κ1) is 17.2. The fourth-order valence-electron chi connectivity index (χ4n) is 3.19. The second-order valence-electron chi connectivity index (χ2n) is 6.23. The maximum atomic E-state index is 12.8. The molecule has 0 spiro atoms. The summed E-state index contributed by atoms with van der Waals surface area (Å²) in [6.45, 7) is 2.26. The predicted octanol–water partition coefficient (Wildman–Crippen LogP) is 2.67. The van der Waals surface area contributed by atoms with Crippen LogP contribution >= 0.6 is 0 Å². The van der Waals surface area contributed by atoms with Gasteiger partial charge in [0.25, 0.3) is 5.91 Å². The molecule has 0 saturated carbocycles. The van der Waals surface area contributed by atoms with E-state index in [0.717, 1.165) is 5.75 Å². The smallest absolute Gasteiger partial charge is 0.264 e. The number of para-hydroxylation sites is 2. The van der Waals surface area contributed by atoms with Crippen LogP contribution < -0.4 is 9.64 Å². The molecule has 0 saturated heterocycles. The number of anilines is 1. The van der Waals surface area contributed by atoms with E-state index in [-0.39, 0.29) is 12.2 Å². The molecule has 1 heterocycles. The van der Waals surface area contributed by atoms with E-state index in [1.807, 2.05) is 36.4 Å². The molecule has 5 heteroatoms. The van der Waals surface area contributed by atoms with Crippen molar-refractivity contribution in [3.8, 4) is 5.75 Å². The number of hydrogen-bond donors (Lipinski definition) is 1. The van der Waals surface area contributed by atoms with Crippen LogP contribution in [0, 0.1) is 0 Å². The summed E-state index contributed by atoms with van der Waals surface area (Å²) >= 11 is 0. The molecule has 5 nitrogen and oxygen atoms in total. The molecule has 3 rings (SSSR count). The van der Waals surface area contributed by atoms with Crippen molar-refractivity contribution < 1.29 is 19.4 Å². The average Bonchev–Trinajstić information content (AvgIpc) is 2.81. The van der Waals surface area contributed by atoms with Gasteiger partial charge in [-0.05, 0) is 31.5 Å². The number of benzene rings is 2. The zero-order valence-electron chi connectivity index (χ0n) is 14.1. The number of ketones is 1. The molecule has 0 fully saturated rings. The Hall–Kier alpha value is -2.66.